The van der Waals surface area contributed by atoms with Crippen molar-refractivity contribution < 1.29 is 28.6 Å². The van der Waals surface area contributed by atoms with Crippen LogP contribution in [0.25, 0.3) is 0 Å². The number of nitrogens with one attached hydrogen (secondary N) is 2. The van der Waals surface area contributed by atoms with Crippen LogP contribution in [0.4, 0.5) is 10.1 Å². The number of hydrogen-bond donors (Lipinski definition) is 3. The van der Waals surface area contributed by atoms with Crippen molar-refractivity contribution >= 4 is 58.3 Å². The fourth-order valence-corrected chi connectivity index (χ4v) is 3.19. The normalized spacial score (nSPS) is 10.7. The molecule has 0 aliphatic carbocycles. The van der Waals surface area contributed by atoms with Crippen LogP contribution in [-0.4, -0.2) is 29.4 Å². The van der Waals surface area contributed by atoms with Crippen molar-refractivity contribution in [3.63, 3.8) is 0 Å². The molecule has 0 bridgehead atoms. The van der Waals surface area contributed by atoms with Gasteiger partial charge in [0, 0.05) is 22.1 Å². The van der Waals surface area contributed by atoms with E-state index < -0.39 is 24.2 Å². The maximum Gasteiger partial charge on any atom is 0.322 e. The van der Waals surface area contributed by atoms with Crippen LogP contribution in [0, 0.1) is 11.7 Å². The fraction of sp³-hybridized carbons (Fsp3) is 0.250. The summed E-state index contributed by atoms with van der Waals surface area (Å²) >= 11 is 18.3. The topological polar surface area (TPSA) is 105 Å². The van der Waals surface area contributed by atoms with Gasteiger partial charge in [0.2, 0.25) is 5.91 Å². The van der Waals surface area contributed by atoms with Gasteiger partial charge in [-0.25, -0.2) is 4.39 Å². The predicted molar refractivity (Wildman–Crippen MR) is 116 cm³/mol. The molecule has 0 heterocycles. The van der Waals surface area contributed by atoms with Crippen LogP contribution in [0.5, 0.6) is 5.75 Å². The molecule has 0 aliphatic heterocycles. The smallest absolute Gasteiger partial charge is 0.322 e. The SMILES string of the molecule is CC(C)C(=O)Nc1cc(Cl)cc(COc2c(Cl)cc(C(=O)NCC(=O)O)cc2Cl)c1F. The first kappa shape index (κ1) is 24.7. The number of carboxylic acids is 1. The molecule has 0 saturated carbocycles. The van der Waals surface area contributed by atoms with Crippen LogP contribution in [0.15, 0.2) is 24.3 Å². The molecule has 3 N–H and O–H groups in total. The zero-order chi connectivity index (χ0) is 23.3. The van der Waals surface area contributed by atoms with E-state index in [1.54, 1.807) is 13.8 Å². The lowest BCUT2D eigenvalue weighted by molar-refractivity contribution is -0.135. The Morgan fingerprint density at radius 3 is 2.26 bits per heavy atom. The van der Waals surface area contributed by atoms with Crippen molar-refractivity contribution in [2.24, 2.45) is 5.92 Å². The van der Waals surface area contributed by atoms with Gasteiger partial charge in [0.1, 0.15) is 13.2 Å². The number of carbonyl (C=O) groups excluding carboxylic acids is 2. The van der Waals surface area contributed by atoms with Gasteiger partial charge < -0.3 is 20.5 Å². The molecule has 0 aromatic heterocycles. The molecule has 0 aliphatic rings. The van der Waals surface area contributed by atoms with Crippen molar-refractivity contribution in [2.45, 2.75) is 20.5 Å². The van der Waals surface area contributed by atoms with Crippen molar-refractivity contribution in [3.05, 3.63) is 56.3 Å². The summed E-state index contributed by atoms with van der Waals surface area (Å²) in [4.78, 5) is 34.4. The summed E-state index contributed by atoms with van der Waals surface area (Å²) in [6, 6.07) is 5.09. The minimum Gasteiger partial charge on any atom is -0.486 e. The van der Waals surface area contributed by atoms with Crippen LogP contribution >= 0.6 is 34.8 Å². The highest BCUT2D eigenvalue weighted by molar-refractivity contribution is 6.37. The van der Waals surface area contributed by atoms with Gasteiger partial charge >= 0.3 is 5.97 Å². The second-order valence-electron chi connectivity index (χ2n) is 6.70. The number of rotatable bonds is 8. The average Bonchev–Trinajstić information content (AvgIpc) is 2.68. The van der Waals surface area contributed by atoms with Crippen LogP contribution in [0.3, 0.4) is 0 Å². The first-order chi connectivity index (χ1) is 14.5. The molecule has 166 valence electrons. The van der Waals surface area contributed by atoms with E-state index in [0.717, 1.165) is 0 Å². The van der Waals surface area contributed by atoms with E-state index in [0.29, 0.717) is 0 Å². The van der Waals surface area contributed by atoms with Crippen molar-refractivity contribution in [1.29, 1.82) is 0 Å². The molecule has 0 radical (unpaired) electrons. The van der Waals surface area contributed by atoms with E-state index in [1.807, 2.05) is 0 Å². The van der Waals surface area contributed by atoms with E-state index in [4.69, 9.17) is 44.6 Å². The van der Waals surface area contributed by atoms with E-state index in [1.165, 1.54) is 24.3 Å². The number of amides is 2. The number of aliphatic carboxylic acids is 1. The Morgan fingerprint density at radius 2 is 1.71 bits per heavy atom. The van der Waals surface area contributed by atoms with Crippen LogP contribution in [0.1, 0.15) is 29.8 Å². The highest BCUT2D eigenvalue weighted by Gasteiger charge is 2.18. The molecule has 2 aromatic carbocycles. The van der Waals surface area contributed by atoms with E-state index in [9.17, 15) is 18.8 Å². The number of ether oxygens (including phenoxy) is 1. The monoisotopic (exact) mass is 490 g/mol. The maximum absolute atomic E-state index is 14.8. The standard InChI is InChI=1S/C20H18Cl3FN2O5/c1-9(2)19(29)26-15-6-12(21)3-11(17(15)24)8-31-18-13(22)4-10(5-14(18)23)20(30)25-7-16(27)28/h3-6,9H,7-8H2,1-2H3,(H,25,30)(H,26,29)(H,27,28). The Kier molecular flexibility index (Phi) is 8.50. The largest absolute Gasteiger partial charge is 0.486 e. The number of carbonyl (C=O) groups is 3. The zero-order valence-electron chi connectivity index (χ0n) is 16.4. The lowest BCUT2D eigenvalue weighted by atomic mass is 10.1. The van der Waals surface area contributed by atoms with Crippen LogP contribution in [0.2, 0.25) is 15.1 Å². The van der Waals surface area contributed by atoms with Gasteiger partial charge in [-0.15, -0.1) is 0 Å². The highest BCUT2D eigenvalue weighted by atomic mass is 35.5. The molecule has 0 atom stereocenters. The molecule has 31 heavy (non-hydrogen) atoms. The van der Waals surface area contributed by atoms with Crippen molar-refractivity contribution in [2.75, 3.05) is 11.9 Å². The molecular weight excluding hydrogens is 474 g/mol. The fourth-order valence-electron chi connectivity index (χ4n) is 2.36. The summed E-state index contributed by atoms with van der Waals surface area (Å²) in [6.45, 7) is 2.44. The molecule has 2 aromatic rings. The van der Waals surface area contributed by atoms with Gasteiger partial charge in [-0.05, 0) is 24.3 Å². The van der Waals surface area contributed by atoms with Gasteiger partial charge in [0.15, 0.2) is 11.6 Å². The van der Waals surface area contributed by atoms with E-state index in [2.05, 4.69) is 10.6 Å². The van der Waals surface area contributed by atoms with Crippen LogP contribution in [-0.2, 0) is 16.2 Å². The van der Waals surface area contributed by atoms with E-state index >= 15 is 0 Å². The molecule has 2 rings (SSSR count). The highest BCUT2D eigenvalue weighted by Crippen LogP contribution is 2.35. The third-order valence-electron chi connectivity index (χ3n) is 3.93. The molecule has 11 heteroatoms. The van der Waals surface area contributed by atoms with Gasteiger partial charge in [-0.3, -0.25) is 14.4 Å². The third kappa shape index (κ3) is 6.72. The number of halogens is 4. The van der Waals surface area contributed by atoms with Gasteiger partial charge in [-0.1, -0.05) is 48.7 Å². The summed E-state index contributed by atoms with van der Waals surface area (Å²) in [6.07, 6.45) is 0. The molecule has 2 amide bonds. The summed E-state index contributed by atoms with van der Waals surface area (Å²) < 4.78 is 20.3. The molecule has 0 spiro atoms. The second kappa shape index (κ2) is 10.7. The summed E-state index contributed by atoms with van der Waals surface area (Å²) in [5.41, 5.74) is -0.0226. The zero-order valence-corrected chi connectivity index (χ0v) is 18.7. The summed E-state index contributed by atoms with van der Waals surface area (Å²) in [5, 5.41) is 13.4. The molecule has 0 fully saturated rings. The van der Waals surface area contributed by atoms with Gasteiger partial charge in [0.25, 0.3) is 5.91 Å². The average molecular weight is 492 g/mol. The first-order valence-electron chi connectivity index (χ1n) is 8.90. The molecule has 0 saturated heterocycles. The number of anilines is 1. The summed E-state index contributed by atoms with van der Waals surface area (Å²) in [7, 11) is 0. The maximum atomic E-state index is 14.8. The number of benzene rings is 2. The Balaban J connectivity index is 2.21. The minimum atomic E-state index is -1.21. The van der Waals surface area contributed by atoms with E-state index in [-0.39, 0.29) is 56.1 Å². The quantitative estimate of drug-likeness (QED) is 0.493. The summed E-state index contributed by atoms with van der Waals surface area (Å²) in [5.74, 6) is -3.37. The predicted octanol–water partition coefficient (Wildman–Crippen LogP) is 4.77. The molecule has 0 unspecified atom stereocenters. The minimum absolute atomic E-state index is 0.00902. The Morgan fingerprint density at radius 1 is 1.10 bits per heavy atom. The second-order valence-corrected chi connectivity index (χ2v) is 7.96. The number of hydrogen-bond acceptors (Lipinski definition) is 4. The third-order valence-corrected chi connectivity index (χ3v) is 4.71. The van der Waals surface area contributed by atoms with Crippen molar-refractivity contribution in [1.82, 2.24) is 5.32 Å². The Labute approximate surface area is 192 Å². The molecule has 7 nitrogen and oxygen atoms in total. The van der Waals surface area contributed by atoms with Gasteiger partial charge in [-0.2, -0.15) is 0 Å². The molecular formula is C20H18Cl3FN2O5. The van der Waals surface area contributed by atoms with Gasteiger partial charge in [0.05, 0.1) is 15.7 Å². The first-order valence-corrected chi connectivity index (χ1v) is 10.0. The lowest BCUT2D eigenvalue weighted by Crippen LogP contribution is -2.29. The number of carboxylic acid groups (broad SMARTS) is 1. The Bertz CT molecular complexity index is 1010. The van der Waals surface area contributed by atoms with Crippen molar-refractivity contribution in [3.8, 4) is 5.75 Å². The lowest BCUT2D eigenvalue weighted by Gasteiger charge is -2.15. The van der Waals surface area contributed by atoms with Crippen LogP contribution < -0.4 is 15.4 Å². The Hall–Kier alpha value is -2.55.